The summed E-state index contributed by atoms with van der Waals surface area (Å²) in [6, 6.07) is 0. The highest BCUT2D eigenvalue weighted by Gasteiger charge is 2.80. The summed E-state index contributed by atoms with van der Waals surface area (Å²) in [6.07, 6.45) is -15.3. The zero-order valence-corrected chi connectivity index (χ0v) is 9.75. The Balaban J connectivity index is -0.000000141. The fourth-order valence-corrected chi connectivity index (χ4v) is 0.676. The number of rotatable bonds is 1. The third-order valence-corrected chi connectivity index (χ3v) is 2.36. The zero-order valence-electron chi connectivity index (χ0n) is 9.75. The average molecular weight is 371 g/mol. The van der Waals surface area contributed by atoms with E-state index < -0.39 is 42.9 Å². The number of hydrogen-bond acceptors (Lipinski definition) is 3. The van der Waals surface area contributed by atoms with Crippen molar-refractivity contribution in [2.75, 3.05) is 13.2 Å². The van der Waals surface area contributed by atoms with E-state index in [2.05, 4.69) is 10.5 Å². The molecule has 3 N–H and O–H groups in total. The summed E-state index contributed by atoms with van der Waals surface area (Å²) in [4.78, 5) is 0. The molecular formula is C11H22F9NO2. The Morgan fingerprint density at radius 3 is 1.17 bits per heavy atom. The van der Waals surface area contributed by atoms with Gasteiger partial charge in [0.2, 0.25) is 0 Å². The van der Waals surface area contributed by atoms with Gasteiger partial charge in [0.15, 0.2) is 5.60 Å². The molecule has 3 nitrogen and oxygen atoms in total. The van der Waals surface area contributed by atoms with Crippen LogP contribution in [0.2, 0.25) is 0 Å². The third kappa shape index (κ3) is 6.71. The minimum absolute atomic E-state index is 0. The number of aliphatic hydroxyl groups is 1. The second kappa shape index (κ2) is 8.38. The number of epoxide rings is 1. The summed E-state index contributed by atoms with van der Waals surface area (Å²) in [5, 5.41) is 8.41. The quantitative estimate of drug-likeness (QED) is 0.540. The van der Waals surface area contributed by atoms with Gasteiger partial charge >= 0.3 is 18.5 Å². The van der Waals surface area contributed by atoms with Crippen LogP contribution in [-0.4, -0.2) is 48.0 Å². The number of nitrogens with two attached hydrogens (primary N) is 1. The monoisotopic (exact) mass is 371 g/mol. The van der Waals surface area contributed by atoms with Crippen molar-refractivity contribution in [2.45, 2.75) is 58.9 Å². The Labute approximate surface area is 128 Å². The smallest absolute Gasteiger partial charge is 0.380 e. The molecule has 1 unspecified atom stereocenters. The predicted molar refractivity (Wildman–Crippen MR) is 66.7 cm³/mol. The van der Waals surface area contributed by atoms with E-state index >= 15 is 0 Å². The van der Waals surface area contributed by atoms with Crippen molar-refractivity contribution in [3.8, 4) is 0 Å². The van der Waals surface area contributed by atoms with Crippen LogP contribution in [0.4, 0.5) is 39.5 Å². The summed E-state index contributed by atoms with van der Waals surface area (Å²) in [7, 11) is 0. The van der Waals surface area contributed by atoms with Crippen molar-refractivity contribution in [1.29, 1.82) is 0 Å². The van der Waals surface area contributed by atoms with Crippen LogP contribution in [0.15, 0.2) is 0 Å². The first-order valence-corrected chi connectivity index (χ1v) is 4.78. The fourth-order valence-electron chi connectivity index (χ4n) is 0.676. The molecule has 0 aromatic rings. The molecule has 1 heterocycles. The first kappa shape index (κ1) is 30.2. The van der Waals surface area contributed by atoms with Crippen LogP contribution in [0.3, 0.4) is 0 Å². The van der Waals surface area contributed by atoms with Gasteiger partial charge in [0, 0.05) is 6.54 Å². The molecule has 0 radical (unpaired) electrons. The normalized spacial score (nSPS) is 18.8. The van der Waals surface area contributed by atoms with E-state index in [1.165, 1.54) is 0 Å². The van der Waals surface area contributed by atoms with Crippen molar-refractivity contribution < 1.29 is 49.4 Å². The second-order valence-corrected chi connectivity index (χ2v) is 4.09. The van der Waals surface area contributed by atoms with Crippen molar-refractivity contribution in [3.63, 3.8) is 0 Å². The van der Waals surface area contributed by atoms with Crippen LogP contribution in [0.5, 0.6) is 0 Å². The molecule has 146 valence electrons. The first-order valence-electron chi connectivity index (χ1n) is 4.78. The van der Waals surface area contributed by atoms with Gasteiger partial charge in [0.25, 0.3) is 5.60 Å². The van der Waals surface area contributed by atoms with Gasteiger partial charge in [-0.25, -0.2) is 0 Å². The van der Waals surface area contributed by atoms with E-state index in [0.717, 1.165) is 0 Å². The molecule has 0 saturated carbocycles. The number of ether oxygens (including phenoxy) is 1. The van der Waals surface area contributed by atoms with Gasteiger partial charge in [-0.05, 0) is 6.92 Å². The van der Waals surface area contributed by atoms with E-state index in [-0.39, 0.29) is 22.3 Å². The van der Waals surface area contributed by atoms with Gasteiger partial charge in [-0.2, -0.15) is 39.5 Å². The predicted octanol–water partition coefficient (Wildman–Crippen LogP) is 4.05. The summed E-state index contributed by atoms with van der Waals surface area (Å²) in [6.45, 7) is -1.50. The molecule has 1 rings (SSSR count). The Morgan fingerprint density at radius 2 is 1.17 bits per heavy atom. The minimum atomic E-state index is -5.36. The SMILES string of the molecule is C.C.C.CC(O)(CN)C(F)(F)F.FC(F)(F)C1(C(F)(F)F)CO1. The maximum atomic E-state index is 11.5. The lowest BCUT2D eigenvalue weighted by Crippen LogP contribution is -2.48. The Bertz CT molecular complexity index is 314. The molecule has 1 aliphatic rings. The molecule has 1 fully saturated rings. The minimum Gasteiger partial charge on any atom is -0.380 e. The summed E-state index contributed by atoms with van der Waals surface area (Å²) in [5.74, 6) is 0. The molecule has 1 saturated heterocycles. The molecule has 1 atom stereocenters. The van der Waals surface area contributed by atoms with Crippen LogP contribution < -0.4 is 5.73 Å². The highest BCUT2D eigenvalue weighted by atomic mass is 19.4. The summed E-state index contributed by atoms with van der Waals surface area (Å²) < 4.78 is 107. The first-order chi connectivity index (χ1) is 8.52. The molecule has 0 aromatic carbocycles. The van der Waals surface area contributed by atoms with E-state index in [1.807, 2.05) is 0 Å². The average Bonchev–Trinajstić information content (AvgIpc) is 2.94. The lowest BCUT2D eigenvalue weighted by atomic mass is 10.1. The van der Waals surface area contributed by atoms with Crippen LogP contribution in [0.1, 0.15) is 29.2 Å². The van der Waals surface area contributed by atoms with E-state index in [4.69, 9.17) is 5.11 Å². The van der Waals surface area contributed by atoms with Gasteiger partial charge in [-0.3, -0.25) is 0 Å². The van der Waals surface area contributed by atoms with Crippen LogP contribution in [-0.2, 0) is 4.74 Å². The Morgan fingerprint density at radius 1 is 0.913 bits per heavy atom. The van der Waals surface area contributed by atoms with Crippen molar-refractivity contribution in [2.24, 2.45) is 5.73 Å². The molecule has 23 heavy (non-hydrogen) atoms. The lowest BCUT2D eigenvalue weighted by molar-refractivity contribution is -0.291. The molecular weight excluding hydrogens is 349 g/mol. The Hall–Kier alpha value is -0.750. The molecule has 1 aliphatic heterocycles. The van der Waals surface area contributed by atoms with Gasteiger partial charge < -0.3 is 15.6 Å². The molecule has 12 heteroatoms. The van der Waals surface area contributed by atoms with E-state index in [0.29, 0.717) is 6.92 Å². The maximum absolute atomic E-state index is 11.5. The summed E-state index contributed by atoms with van der Waals surface area (Å²) in [5.41, 5.74) is -2.00. The number of hydrogen-bond donors (Lipinski definition) is 2. The van der Waals surface area contributed by atoms with E-state index in [9.17, 15) is 39.5 Å². The van der Waals surface area contributed by atoms with Gasteiger partial charge in [-0.15, -0.1) is 0 Å². The summed E-state index contributed by atoms with van der Waals surface area (Å²) >= 11 is 0. The number of halogens is 9. The van der Waals surface area contributed by atoms with Crippen LogP contribution >= 0.6 is 0 Å². The van der Waals surface area contributed by atoms with Gasteiger partial charge in [0.1, 0.15) is 0 Å². The third-order valence-electron chi connectivity index (χ3n) is 2.36. The second-order valence-electron chi connectivity index (χ2n) is 4.09. The Kier molecular flexibility index (Phi) is 11.0. The van der Waals surface area contributed by atoms with Gasteiger partial charge in [0.05, 0.1) is 6.61 Å². The lowest BCUT2D eigenvalue weighted by Gasteiger charge is -2.23. The van der Waals surface area contributed by atoms with Crippen LogP contribution in [0.25, 0.3) is 0 Å². The van der Waals surface area contributed by atoms with Gasteiger partial charge in [-0.1, -0.05) is 22.3 Å². The van der Waals surface area contributed by atoms with Crippen molar-refractivity contribution in [3.05, 3.63) is 0 Å². The van der Waals surface area contributed by atoms with Crippen molar-refractivity contribution >= 4 is 0 Å². The zero-order chi connectivity index (χ0) is 16.6. The molecule has 0 spiro atoms. The number of alkyl halides is 9. The largest absolute Gasteiger partial charge is 0.428 e. The topological polar surface area (TPSA) is 58.8 Å². The molecule has 0 bridgehead atoms. The fraction of sp³-hybridized carbons (Fsp3) is 1.00. The molecule has 0 aliphatic carbocycles. The van der Waals surface area contributed by atoms with Crippen LogP contribution in [0, 0.1) is 0 Å². The maximum Gasteiger partial charge on any atom is 0.428 e. The van der Waals surface area contributed by atoms with Crippen molar-refractivity contribution in [1.82, 2.24) is 0 Å². The van der Waals surface area contributed by atoms with E-state index in [1.54, 1.807) is 0 Å². The molecule has 0 amide bonds. The standard InChI is InChI=1S/C4H2F6O.C4H8F3NO.3CH4/c5-3(6,7)2(1-11-2)4(8,9)10;1-3(9,2-8)4(5,6)7;;;/h1H2;9H,2,8H2,1H3;3*1H4. The highest BCUT2D eigenvalue weighted by molar-refractivity contribution is 5.05. The highest BCUT2D eigenvalue weighted by Crippen LogP contribution is 2.53. The molecule has 0 aromatic heterocycles.